The van der Waals surface area contributed by atoms with Crippen molar-refractivity contribution in [1.82, 2.24) is 0 Å². The second-order valence-corrected chi connectivity index (χ2v) is 5.29. The van der Waals surface area contributed by atoms with Crippen LogP contribution in [0.1, 0.15) is 71.6 Å². The van der Waals surface area contributed by atoms with E-state index in [9.17, 15) is 4.79 Å². The Labute approximate surface area is 118 Å². The first kappa shape index (κ1) is 18.2. The van der Waals surface area contributed by atoms with Gasteiger partial charge < -0.3 is 9.84 Å². The van der Waals surface area contributed by atoms with Gasteiger partial charge in [0.05, 0.1) is 6.61 Å². The monoisotopic (exact) mass is 270 g/mol. The number of aliphatic hydroxyl groups excluding tert-OH is 1. The lowest BCUT2D eigenvalue weighted by atomic mass is 10.1. The van der Waals surface area contributed by atoms with E-state index >= 15 is 0 Å². The maximum Gasteiger partial charge on any atom is 0.330 e. The normalized spacial score (nSPS) is 10.3. The van der Waals surface area contributed by atoms with Gasteiger partial charge in [0.15, 0.2) is 0 Å². The lowest BCUT2D eigenvalue weighted by molar-refractivity contribution is -0.137. The number of unbranched alkanes of at least 4 members (excludes halogenated alkanes) is 8. The summed E-state index contributed by atoms with van der Waals surface area (Å²) in [6, 6.07) is 0. The minimum Gasteiger partial charge on any atom is -0.463 e. The van der Waals surface area contributed by atoms with E-state index in [1.807, 2.05) is 13.8 Å². The molecule has 0 unspecified atom stereocenters. The van der Waals surface area contributed by atoms with Crippen LogP contribution in [-0.2, 0) is 9.53 Å². The van der Waals surface area contributed by atoms with Crippen molar-refractivity contribution in [1.29, 1.82) is 0 Å². The van der Waals surface area contributed by atoms with Gasteiger partial charge in [-0.25, -0.2) is 4.79 Å². The molecule has 0 fully saturated rings. The summed E-state index contributed by atoms with van der Waals surface area (Å²) in [7, 11) is 0. The average Bonchev–Trinajstić information content (AvgIpc) is 2.35. The summed E-state index contributed by atoms with van der Waals surface area (Å²) in [4.78, 5) is 11.2. The van der Waals surface area contributed by atoms with Crippen molar-refractivity contribution in [2.75, 3.05) is 13.2 Å². The first-order valence-corrected chi connectivity index (χ1v) is 7.59. The third-order valence-electron chi connectivity index (χ3n) is 2.95. The largest absolute Gasteiger partial charge is 0.463 e. The quantitative estimate of drug-likeness (QED) is 0.331. The van der Waals surface area contributed by atoms with E-state index in [1.165, 1.54) is 38.2 Å². The SMILES string of the molecule is CC(C)=CC(=O)OCCCCCCCCCCCO. The number of rotatable bonds is 12. The van der Waals surface area contributed by atoms with Crippen LogP contribution in [0.2, 0.25) is 0 Å². The lowest BCUT2D eigenvalue weighted by Gasteiger charge is -2.03. The third kappa shape index (κ3) is 15.1. The predicted molar refractivity (Wildman–Crippen MR) is 79.0 cm³/mol. The Morgan fingerprint density at radius 1 is 0.895 bits per heavy atom. The van der Waals surface area contributed by atoms with Crippen LogP contribution in [0.4, 0.5) is 0 Å². The number of hydrogen-bond acceptors (Lipinski definition) is 3. The zero-order valence-electron chi connectivity index (χ0n) is 12.6. The summed E-state index contributed by atoms with van der Waals surface area (Å²) in [5.41, 5.74) is 0.978. The van der Waals surface area contributed by atoms with Gasteiger partial charge in [-0.15, -0.1) is 0 Å². The van der Waals surface area contributed by atoms with Crippen LogP contribution < -0.4 is 0 Å². The van der Waals surface area contributed by atoms with Crippen molar-refractivity contribution < 1.29 is 14.6 Å². The van der Waals surface area contributed by atoms with Crippen molar-refractivity contribution in [2.45, 2.75) is 71.6 Å². The molecule has 0 spiro atoms. The molecule has 0 radical (unpaired) electrons. The first-order chi connectivity index (χ1) is 9.16. The second kappa shape index (κ2) is 13.6. The van der Waals surface area contributed by atoms with E-state index < -0.39 is 0 Å². The Morgan fingerprint density at radius 2 is 1.37 bits per heavy atom. The summed E-state index contributed by atoms with van der Waals surface area (Å²) < 4.78 is 5.09. The maximum atomic E-state index is 11.2. The molecule has 0 rings (SSSR count). The zero-order valence-corrected chi connectivity index (χ0v) is 12.6. The number of aliphatic hydroxyl groups is 1. The molecule has 0 saturated heterocycles. The second-order valence-electron chi connectivity index (χ2n) is 5.29. The third-order valence-corrected chi connectivity index (χ3v) is 2.95. The average molecular weight is 270 g/mol. The van der Waals surface area contributed by atoms with Crippen LogP contribution in [0.15, 0.2) is 11.6 Å². The fraction of sp³-hybridized carbons (Fsp3) is 0.812. The summed E-state index contributed by atoms with van der Waals surface area (Å²) in [6.45, 7) is 4.65. The van der Waals surface area contributed by atoms with Crippen LogP contribution in [0.25, 0.3) is 0 Å². The molecule has 3 heteroatoms. The Balaban J connectivity index is 3.15. The van der Waals surface area contributed by atoms with Crippen molar-refractivity contribution in [3.05, 3.63) is 11.6 Å². The molecule has 0 aromatic carbocycles. The maximum absolute atomic E-state index is 11.2. The molecule has 0 aliphatic rings. The van der Waals surface area contributed by atoms with Crippen LogP contribution in [0.5, 0.6) is 0 Å². The number of hydrogen-bond donors (Lipinski definition) is 1. The Morgan fingerprint density at radius 3 is 1.84 bits per heavy atom. The fourth-order valence-electron chi connectivity index (χ4n) is 1.90. The highest BCUT2D eigenvalue weighted by molar-refractivity contribution is 5.82. The number of allylic oxidation sites excluding steroid dienone is 1. The molecule has 3 nitrogen and oxygen atoms in total. The first-order valence-electron chi connectivity index (χ1n) is 7.59. The van der Waals surface area contributed by atoms with Crippen LogP contribution in [0.3, 0.4) is 0 Å². The zero-order chi connectivity index (χ0) is 14.3. The number of carbonyl (C=O) groups excluding carboxylic acids is 1. The molecule has 0 aromatic rings. The smallest absolute Gasteiger partial charge is 0.330 e. The summed E-state index contributed by atoms with van der Waals surface area (Å²) >= 11 is 0. The van der Waals surface area contributed by atoms with Crippen LogP contribution in [0, 0.1) is 0 Å². The highest BCUT2D eigenvalue weighted by Gasteiger charge is 1.97. The van der Waals surface area contributed by atoms with E-state index in [1.54, 1.807) is 0 Å². The summed E-state index contributed by atoms with van der Waals surface area (Å²) in [5.74, 6) is -0.219. The molecule has 0 aliphatic carbocycles. The summed E-state index contributed by atoms with van der Waals surface area (Å²) in [6.07, 6.45) is 12.0. The van der Waals surface area contributed by atoms with E-state index in [0.717, 1.165) is 31.3 Å². The molecule has 0 saturated carbocycles. The fourth-order valence-corrected chi connectivity index (χ4v) is 1.90. The topological polar surface area (TPSA) is 46.5 Å². The molecule has 0 heterocycles. The van der Waals surface area contributed by atoms with Gasteiger partial charge in [-0.3, -0.25) is 0 Å². The van der Waals surface area contributed by atoms with E-state index in [4.69, 9.17) is 9.84 Å². The highest BCUT2D eigenvalue weighted by Crippen LogP contribution is 2.09. The minimum atomic E-state index is -0.219. The van der Waals surface area contributed by atoms with Crippen LogP contribution >= 0.6 is 0 Å². The molecule has 0 bridgehead atoms. The number of ether oxygens (including phenoxy) is 1. The molecule has 0 aromatic heterocycles. The highest BCUT2D eigenvalue weighted by atomic mass is 16.5. The van der Waals surface area contributed by atoms with Gasteiger partial charge >= 0.3 is 5.97 Å². The molecule has 0 atom stereocenters. The van der Waals surface area contributed by atoms with Crippen molar-refractivity contribution >= 4 is 5.97 Å². The minimum absolute atomic E-state index is 0.219. The van der Waals surface area contributed by atoms with Gasteiger partial charge in [0.25, 0.3) is 0 Å². The van der Waals surface area contributed by atoms with Crippen molar-refractivity contribution in [3.8, 4) is 0 Å². The molecule has 112 valence electrons. The van der Waals surface area contributed by atoms with Gasteiger partial charge in [0.2, 0.25) is 0 Å². The predicted octanol–water partition coefficient (Wildman–Crippen LogP) is 4.00. The van der Waals surface area contributed by atoms with E-state index in [2.05, 4.69) is 0 Å². The van der Waals surface area contributed by atoms with E-state index in [0.29, 0.717) is 13.2 Å². The molecule has 0 amide bonds. The van der Waals surface area contributed by atoms with Crippen molar-refractivity contribution in [3.63, 3.8) is 0 Å². The van der Waals surface area contributed by atoms with Gasteiger partial charge in [-0.05, 0) is 26.7 Å². The lowest BCUT2D eigenvalue weighted by Crippen LogP contribution is -2.02. The Kier molecular flexibility index (Phi) is 13.0. The van der Waals surface area contributed by atoms with Gasteiger partial charge in [0.1, 0.15) is 0 Å². The van der Waals surface area contributed by atoms with Gasteiger partial charge in [0, 0.05) is 12.7 Å². The molecule has 1 N–H and O–H groups in total. The molecular weight excluding hydrogens is 240 g/mol. The molecule has 0 aliphatic heterocycles. The Bertz CT molecular complexity index is 242. The summed E-state index contributed by atoms with van der Waals surface area (Å²) in [5, 5.41) is 8.64. The Hall–Kier alpha value is -0.830. The number of carbonyl (C=O) groups is 1. The van der Waals surface area contributed by atoms with Gasteiger partial charge in [-0.1, -0.05) is 50.5 Å². The van der Waals surface area contributed by atoms with E-state index in [-0.39, 0.29) is 5.97 Å². The number of esters is 1. The molecular formula is C16H30O3. The standard InChI is InChI=1S/C16H30O3/c1-15(2)14-16(18)19-13-11-9-7-5-3-4-6-8-10-12-17/h14,17H,3-13H2,1-2H3. The van der Waals surface area contributed by atoms with Crippen molar-refractivity contribution in [2.24, 2.45) is 0 Å². The van der Waals surface area contributed by atoms with Crippen LogP contribution in [-0.4, -0.2) is 24.3 Å². The molecule has 19 heavy (non-hydrogen) atoms. The van der Waals surface area contributed by atoms with Gasteiger partial charge in [-0.2, -0.15) is 0 Å².